The molecule has 0 amide bonds. The Bertz CT molecular complexity index is 531. The van der Waals surface area contributed by atoms with Crippen molar-refractivity contribution in [1.29, 1.82) is 5.26 Å². The minimum atomic E-state index is -1.31. The van der Waals surface area contributed by atoms with E-state index in [9.17, 15) is 4.21 Å². The van der Waals surface area contributed by atoms with E-state index in [0.717, 1.165) is 24.8 Å². The molecule has 0 aromatic heterocycles. The van der Waals surface area contributed by atoms with E-state index in [2.05, 4.69) is 6.07 Å². The monoisotopic (exact) mass is 262 g/mol. The van der Waals surface area contributed by atoms with Crippen LogP contribution < -0.4 is 5.14 Å². The second-order valence-electron chi connectivity index (χ2n) is 5.52. The van der Waals surface area contributed by atoms with E-state index >= 15 is 0 Å². The summed E-state index contributed by atoms with van der Waals surface area (Å²) in [6, 6.07) is 8.05. The van der Waals surface area contributed by atoms with E-state index in [0.29, 0.717) is 5.92 Å². The summed E-state index contributed by atoms with van der Waals surface area (Å²) in [5.41, 5.74) is 3.28. The van der Waals surface area contributed by atoms with E-state index in [4.69, 9.17) is 10.4 Å². The Kier molecular flexibility index (Phi) is 3.56. The molecule has 1 aromatic carbocycles. The van der Waals surface area contributed by atoms with Gasteiger partial charge in [0.2, 0.25) is 0 Å². The average molecular weight is 262 g/mol. The van der Waals surface area contributed by atoms with Crippen molar-refractivity contribution in [3.8, 4) is 6.07 Å². The number of fused-ring (bicyclic) bond motifs is 1. The standard InChI is InChI=1S/C14H18N2OS/c1-14(2,18(16)17)8-12-5-4-11-7-10(9-15)3-6-13(11)12/h3,6-7,12H,4-5,8,16H2,1-2H3/t12-,18?/m1/s1. The lowest BCUT2D eigenvalue weighted by atomic mass is 9.91. The van der Waals surface area contributed by atoms with Crippen molar-refractivity contribution >= 4 is 11.0 Å². The first-order chi connectivity index (χ1) is 8.44. The van der Waals surface area contributed by atoms with Crippen molar-refractivity contribution < 1.29 is 4.21 Å². The largest absolute Gasteiger partial charge is 0.251 e. The summed E-state index contributed by atoms with van der Waals surface area (Å²) in [4.78, 5) is 0. The molecule has 0 heterocycles. The molecular weight excluding hydrogens is 244 g/mol. The van der Waals surface area contributed by atoms with Crippen molar-refractivity contribution in [2.45, 2.75) is 43.8 Å². The quantitative estimate of drug-likeness (QED) is 0.908. The summed E-state index contributed by atoms with van der Waals surface area (Å²) in [5.74, 6) is 0.412. The highest BCUT2D eigenvalue weighted by Crippen LogP contribution is 2.39. The summed E-state index contributed by atoms with van der Waals surface area (Å²) in [6.07, 6.45) is 2.89. The molecule has 4 heteroatoms. The fraction of sp³-hybridized carbons (Fsp3) is 0.500. The molecule has 18 heavy (non-hydrogen) atoms. The summed E-state index contributed by atoms with van der Waals surface area (Å²) >= 11 is 0. The summed E-state index contributed by atoms with van der Waals surface area (Å²) in [7, 11) is -1.31. The SMILES string of the molecule is CC(C)(C[C@H]1CCc2cc(C#N)ccc21)S(N)=O. The number of nitrogens with two attached hydrogens (primary N) is 1. The van der Waals surface area contributed by atoms with Gasteiger partial charge in [0.1, 0.15) is 0 Å². The molecule has 0 saturated heterocycles. The Morgan fingerprint density at radius 3 is 2.89 bits per heavy atom. The molecule has 0 fully saturated rings. The molecule has 1 aliphatic carbocycles. The zero-order chi connectivity index (χ0) is 13.3. The van der Waals surface area contributed by atoms with Crippen LogP contribution in [0.4, 0.5) is 0 Å². The van der Waals surface area contributed by atoms with Gasteiger partial charge in [0.15, 0.2) is 0 Å². The number of nitrogens with zero attached hydrogens (tertiary/aromatic N) is 1. The molecule has 0 radical (unpaired) electrons. The van der Waals surface area contributed by atoms with Crippen molar-refractivity contribution in [3.63, 3.8) is 0 Å². The predicted molar refractivity (Wildman–Crippen MR) is 73.2 cm³/mol. The summed E-state index contributed by atoms with van der Waals surface area (Å²) < 4.78 is 11.2. The fourth-order valence-electron chi connectivity index (χ4n) is 2.66. The second-order valence-corrected chi connectivity index (χ2v) is 7.22. The van der Waals surface area contributed by atoms with Crippen LogP contribution in [-0.4, -0.2) is 8.96 Å². The lowest BCUT2D eigenvalue weighted by molar-refractivity contribution is 0.515. The molecule has 0 bridgehead atoms. The maximum atomic E-state index is 11.5. The fourth-order valence-corrected chi connectivity index (χ4v) is 3.03. The van der Waals surface area contributed by atoms with Crippen LogP contribution >= 0.6 is 0 Å². The first-order valence-corrected chi connectivity index (χ1v) is 7.34. The molecule has 0 spiro atoms. The van der Waals surface area contributed by atoms with E-state index in [1.54, 1.807) is 0 Å². The maximum Gasteiger partial charge on any atom is 0.0991 e. The van der Waals surface area contributed by atoms with Gasteiger partial charge < -0.3 is 0 Å². The van der Waals surface area contributed by atoms with Crippen molar-refractivity contribution in [1.82, 2.24) is 0 Å². The first kappa shape index (κ1) is 13.3. The smallest absolute Gasteiger partial charge is 0.0991 e. The van der Waals surface area contributed by atoms with Crippen LogP contribution in [0.25, 0.3) is 0 Å². The highest BCUT2D eigenvalue weighted by Gasteiger charge is 2.32. The van der Waals surface area contributed by atoms with Gasteiger partial charge in [-0.3, -0.25) is 5.14 Å². The number of benzene rings is 1. The predicted octanol–water partition coefficient (Wildman–Crippen LogP) is 2.38. The zero-order valence-corrected chi connectivity index (χ0v) is 11.6. The van der Waals surface area contributed by atoms with Crippen molar-refractivity contribution in [2.24, 2.45) is 5.14 Å². The van der Waals surface area contributed by atoms with Crippen LogP contribution in [0, 0.1) is 11.3 Å². The van der Waals surface area contributed by atoms with Gasteiger partial charge in [-0.1, -0.05) is 6.07 Å². The van der Waals surface area contributed by atoms with Crippen LogP contribution in [0.1, 0.15) is 49.3 Å². The molecule has 2 rings (SSSR count). The van der Waals surface area contributed by atoms with E-state index in [-0.39, 0.29) is 4.75 Å². The van der Waals surface area contributed by atoms with Gasteiger partial charge in [-0.25, -0.2) is 4.21 Å². The van der Waals surface area contributed by atoms with Crippen LogP contribution in [-0.2, 0) is 17.4 Å². The van der Waals surface area contributed by atoms with Gasteiger partial charge in [-0.15, -0.1) is 0 Å². The van der Waals surface area contributed by atoms with Gasteiger partial charge in [-0.05, 0) is 62.3 Å². The lowest BCUT2D eigenvalue weighted by Crippen LogP contribution is -2.33. The summed E-state index contributed by atoms with van der Waals surface area (Å²) in [6.45, 7) is 3.90. The molecule has 2 N–H and O–H groups in total. The van der Waals surface area contributed by atoms with Gasteiger partial charge in [0, 0.05) is 0 Å². The van der Waals surface area contributed by atoms with Crippen molar-refractivity contribution in [2.75, 3.05) is 0 Å². The van der Waals surface area contributed by atoms with E-state index in [1.807, 2.05) is 32.0 Å². The molecule has 0 aliphatic heterocycles. The van der Waals surface area contributed by atoms with Crippen LogP contribution in [0.2, 0.25) is 0 Å². The number of hydrogen-bond donors (Lipinski definition) is 1. The van der Waals surface area contributed by atoms with Gasteiger partial charge in [0.05, 0.1) is 27.4 Å². The Morgan fingerprint density at radius 1 is 1.56 bits per heavy atom. The Hall–Kier alpha value is -1.18. The van der Waals surface area contributed by atoms with Gasteiger partial charge >= 0.3 is 0 Å². The number of nitriles is 1. The zero-order valence-electron chi connectivity index (χ0n) is 10.8. The van der Waals surface area contributed by atoms with Gasteiger partial charge in [0.25, 0.3) is 0 Å². The Balaban J connectivity index is 2.23. The molecule has 1 aromatic rings. The molecule has 0 saturated carbocycles. The molecular formula is C14H18N2OS. The first-order valence-electron chi connectivity index (χ1n) is 6.13. The third-order valence-corrected chi connectivity index (χ3v) is 5.01. The second kappa shape index (κ2) is 4.83. The molecule has 2 atom stereocenters. The van der Waals surface area contributed by atoms with E-state index < -0.39 is 11.0 Å². The molecule has 1 unspecified atom stereocenters. The van der Waals surface area contributed by atoms with E-state index in [1.165, 1.54) is 11.1 Å². The Morgan fingerprint density at radius 2 is 2.28 bits per heavy atom. The number of rotatable bonds is 3. The molecule has 96 valence electrons. The number of aryl methyl sites for hydroxylation is 1. The highest BCUT2D eigenvalue weighted by molar-refractivity contribution is 7.84. The molecule has 3 nitrogen and oxygen atoms in total. The highest BCUT2D eigenvalue weighted by atomic mass is 32.2. The number of hydrogen-bond acceptors (Lipinski definition) is 2. The van der Waals surface area contributed by atoms with Gasteiger partial charge in [-0.2, -0.15) is 5.26 Å². The lowest BCUT2D eigenvalue weighted by Gasteiger charge is -2.25. The third-order valence-electron chi connectivity index (χ3n) is 3.76. The topological polar surface area (TPSA) is 66.9 Å². The van der Waals surface area contributed by atoms with Crippen LogP contribution in [0.5, 0.6) is 0 Å². The molecule has 1 aliphatic rings. The average Bonchev–Trinajstić information content (AvgIpc) is 2.71. The minimum absolute atomic E-state index is 0.361. The third kappa shape index (κ3) is 2.47. The van der Waals surface area contributed by atoms with Crippen LogP contribution in [0.15, 0.2) is 18.2 Å². The summed E-state index contributed by atoms with van der Waals surface area (Å²) in [5, 5.41) is 14.4. The Labute approximate surface area is 111 Å². The minimum Gasteiger partial charge on any atom is -0.251 e. The normalized spacial score (nSPS) is 20.2. The maximum absolute atomic E-state index is 11.5. The van der Waals surface area contributed by atoms with Crippen molar-refractivity contribution in [3.05, 3.63) is 34.9 Å². The van der Waals surface area contributed by atoms with Crippen LogP contribution in [0.3, 0.4) is 0 Å².